The second-order valence-electron chi connectivity index (χ2n) is 7.72. The third kappa shape index (κ3) is 4.03. The van der Waals surface area contributed by atoms with E-state index in [1.54, 1.807) is 10.9 Å². The molecule has 1 aliphatic heterocycles. The largest absolute Gasteiger partial charge is 0.487 e. The molecule has 0 fully saturated rings. The van der Waals surface area contributed by atoms with Crippen molar-refractivity contribution in [1.29, 1.82) is 0 Å². The van der Waals surface area contributed by atoms with E-state index in [9.17, 15) is 9.18 Å². The molecule has 3 aromatic rings. The molecule has 4 rings (SSSR count). The molecular formula is C22H24FN5O2. The lowest BCUT2D eigenvalue weighted by atomic mass is 10.0. The number of aryl methyl sites for hydroxylation is 4. The standard InChI is InChI=1S/C22H24FN5O2/c1-12-5-14(3)28(27-12)11-20(29)25-10-18-7-16-6-17(23)8-19(22(16)30-18)21-15(4)24-9-13(2)26-21/h5-6,8-9,18H,7,10-11H2,1-4H3,(H,25,29)/t18-/m1/s1. The smallest absolute Gasteiger partial charge is 0.241 e. The van der Waals surface area contributed by atoms with Crippen LogP contribution in [0.2, 0.25) is 0 Å². The number of nitrogens with one attached hydrogen (secondary N) is 1. The fraction of sp³-hybridized carbons (Fsp3) is 0.364. The first-order valence-electron chi connectivity index (χ1n) is 9.87. The van der Waals surface area contributed by atoms with Crippen molar-refractivity contribution in [3.8, 4) is 17.0 Å². The van der Waals surface area contributed by atoms with Gasteiger partial charge in [-0.25, -0.2) is 9.37 Å². The Labute approximate surface area is 174 Å². The summed E-state index contributed by atoms with van der Waals surface area (Å²) in [7, 11) is 0. The lowest BCUT2D eigenvalue weighted by Crippen LogP contribution is -2.36. The Hall–Kier alpha value is -3.29. The highest BCUT2D eigenvalue weighted by Gasteiger charge is 2.28. The Kier molecular flexibility index (Phi) is 5.24. The first-order chi connectivity index (χ1) is 14.3. The zero-order chi connectivity index (χ0) is 21.4. The number of rotatable bonds is 5. The summed E-state index contributed by atoms with van der Waals surface area (Å²) in [5, 5.41) is 7.19. The highest BCUT2D eigenvalue weighted by atomic mass is 19.1. The van der Waals surface area contributed by atoms with Crippen LogP contribution in [0.3, 0.4) is 0 Å². The van der Waals surface area contributed by atoms with Crippen LogP contribution in [0.1, 0.15) is 28.3 Å². The van der Waals surface area contributed by atoms with Crippen molar-refractivity contribution in [2.24, 2.45) is 0 Å². The summed E-state index contributed by atoms with van der Waals surface area (Å²) in [5.41, 5.74) is 5.24. The van der Waals surface area contributed by atoms with Gasteiger partial charge < -0.3 is 10.1 Å². The number of carbonyl (C=O) groups excluding carboxylic acids is 1. The Morgan fingerprint density at radius 2 is 2.03 bits per heavy atom. The van der Waals surface area contributed by atoms with E-state index in [-0.39, 0.29) is 24.4 Å². The second kappa shape index (κ2) is 7.85. The zero-order valence-corrected chi connectivity index (χ0v) is 17.5. The molecule has 0 unspecified atom stereocenters. The third-order valence-electron chi connectivity index (χ3n) is 5.12. The van der Waals surface area contributed by atoms with Gasteiger partial charge in [-0.1, -0.05) is 0 Å². The number of amides is 1. The Morgan fingerprint density at radius 3 is 2.77 bits per heavy atom. The summed E-state index contributed by atoms with van der Waals surface area (Å²) in [6.45, 7) is 7.96. The molecule has 1 aliphatic rings. The lowest BCUT2D eigenvalue weighted by Gasteiger charge is -2.14. The number of nitrogens with zero attached hydrogens (tertiary/aromatic N) is 4. The third-order valence-corrected chi connectivity index (χ3v) is 5.12. The van der Waals surface area contributed by atoms with Gasteiger partial charge in [0, 0.05) is 29.4 Å². The molecule has 0 saturated carbocycles. The molecule has 0 radical (unpaired) electrons. The minimum absolute atomic E-state index is 0.146. The molecule has 1 N–H and O–H groups in total. The number of benzene rings is 1. The maximum absolute atomic E-state index is 14.3. The topological polar surface area (TPSA) is 81.9 Å². The van der Waals surface area contributed by atoms with Gasteiger partial charge in [-0.3, -0.25) is 14.5 Å². The van der Waals surface area contributed by atoms with E-state index < -0.39 is 0 Å². The van der Waals surface area contributed by atoms with Gasteiger partial charge in [-0.05, 0) is 45.9 Å². The Morgan fingerprint density at radius 1 is 1.23 bits per heavy atom. The van der Waals surface area contributed by atoms with Crippen LogP contribution in [0.15, 0.2) is 24.4 Å². The predicted octanol–water partition coefficient (Wildman–Crippen LogP) is 2.83. The molecule has 7 nitrogen and oxygen atoms in total. The van der Waals surface area contributed by atoms with Crippen molar-refractivity contribution < 1.29 is 13.9 Å². The van der Waals surface area contributed by atoms with Gasteiger partial charge in [0.1, 0.15) is 24.2 Å². The van der Waals surface area contributed by atoms with Gasteiger partial charge in [-0.15, -0.1) is 0 Å². The summed E-state index contributed by atoms with van der Waals surface area (Å²) in [6.07, 6.45) is 1.92. The van der Waals surface area contributed by atoms with Crippen molar-refractivity contribution in [1.82, 2.24) is 25.1 Å². The monoisotopic (exact) mass is 409 g/mol. The minimum Gasteiger partial charge on any atom is -0.487 e. The molecule has 1 amide bonds. The van der Waals surface area contributed by atoms with Gasteiger partial charge in [0.15, 0.2) is 0 Å². The molecule has 0 bridgehead atoms. The molecule has 1 atom stereocenters. The number of hydrogen-bond acceptors (Lipinski definition) is 5. The molecule has 8 heteroatoms. The summed E-state index contributed by atoms with van der Waals surface area (Å²) >= 11 is 0. The van der Waals surface area contributed by atoms with Crippen LogP contribution in [0.25, 0.3) is 11.3 Å². The molecule has 30 heavy (non-hydrogen) atoms. The van der Waals surface area contributed by atoms with E-state index in [0.717, 1.165) is 22.6 Å². The van der Waals surface area contributed by atoms with Gasteiger partial charge >= 0.3 is 0 Å². The molecule has 156 valence electrons. The quantitative estimate of drug-likeness (QED) is 0.701. The van der Waals surface area contributed by atoms with Crippen LogP contribution >= 0.6 is 0 Å². The molecule has 2 aromatic heterocycles. The van der Waals surface area contributed by atoms with Crippen LogP contribution in [-0.4, -0.2) is 38.3 Å². The number of hydrogen-bond donors (Lipinski definition) is 1. The van der Waals surface area contributed by atoms with Crippen LogP contribution in [-0.2, 0) is 17.8 Å². The fourth-order valence-electron chi connectivity index (χ4n) is 3.73. The number of fused-ring (bicyclic) bond motifs is 1. The number of ether oxygens (including phenoxy) is 1. The van der Waals surface area contributed by atoms with E-state index in [1.807, 2.05) is 33.8 Å². The average Bonchev–Trinajstić information content (AvgIpc) is 3.23. The first-order valence-corrected chi connectivity index (χ1v) is 9.87. The van der Waals surface area contributed by atoms with Crippen molar-refractivity contribution in [2.45, 2.75) is 46.8 Å². The Bertz CT molecular complexity index is 1120. The fourth-order valence-corrected chi connectivity index (χ4v) is 3.73. The van der Waals surface area contributed by atoms with Crippen LogP contribution in [0, 0.1) is 33.5 Å². The minimum atomic E-state index is -0.343. The lowest BCUT2D eigenvalue weighted by molar-refractivity contribution is -0.122. The van der Waals surface area contributed by atoms with E-state index in [1.165, 1.54) is 12.1 Å². The summed E-state index contributed by atoms with van der Waals surface area (Å²) in [4.78, 5) is 21.2. The van der Waals surface area contributed by atoms with Gasteiger partial charge in [0.25, 0.3) is 0 Å². The van der Waals surface area contributed by atoms with Gasteiger partial charge in [-0.2, -0.15) is 5.10 Å². The molecule has 3 heterocycles. The number of halogens is 1. The predicted molar refractivity (Wildman–Crippen MR) is 110 cm³/mol. The molecule has 0 aliphatic carbocycles. The normalized spacial score (nSPS) is 15.0. The first kappa shape index (κ1) is 20.0. The van der Waals surface area contributed by atoms with Crippen LogP contribution in [0.5, 0.6) is 5.75 Å². The van der Waals surface area contributed by atoms with Crippen molar-refractivity contribution in [3.63, 3.8) is 0 Å². The van der Waals surface area contributed by atoms with Crippen molar-refractivity contribution in [2.75, 3.05) is 6.54 Å². The van der Waals surface area contributed by atoms with E-state index in [2.05, 4.69) is 20.4 Å². The van der Waals surface area contributed by atoms with Crippen LogP contribution < -0.4 is 10.1 Å². The highest BCUT2D eigenvalue weighted by molar-refractivity contribution is 5.76. The molecule has 1 aromatic carbocycles. The van der Waals surface area contributed by atoms with Crippen LogP contribution in [0.4, 0.5) is 4.39 Å². The average molecular weight is 409 g/mol. The van der Waals surface area contributed by atoms with E-state index in [0.29, 0.717) is 35.7 Å². The van der Waals surface area contributed by atoms with E-state index in [4.69, 9.17) is 4.74 Å². The Balaban J connectivity index is 1.47. The van der Waals surface area contributed by atoms with Crippen molar-refractivity contribution in [3.05, 3.63) is 58.6 Å². The van der Waals surface area contributed by atoms with Gasteiger partial charge in [0.2, 0.25) is 5.91 Å². The maximum atomic E-state index is 14.3. The van der Waals surface area contributed by atoms with E-state index >= 15 is 0 Å². The summed E-state index contributed by atoms with van der Waals surface area (Å²) in [5.74, 6) is 0.119. The summed E-state index contributed by atoms with van der Waals surface area (Å²) < 4.78 is 22.0. The SMILES string of the molecule is Cc1cnc(C)c(-c2cc(F)cc3c2O[C@@H](CNC(=O)Cn2nc(C)cc2C)C3)n1. The second-order valence-corrected chi connectivity index (χ2v) is 7.72. The zero-order valence-electron chi connectivity index (χ0n) is 17.5. The van der Waals surface area contributed by atoms with Crippen molar-refractivity contribution >= 4 is 5.91 Å². The molecule has 0 saturated heterocycles. The molecule has 0 spiro atoms. The number of carbonyl (C=O) groups is 1. The highest BCUT2D eigenvalue weighted by Crippen LogP contribution is 2.39. The van der Waals surface area contributed by atoms with Gasteiger partial charge in [0.05, 0.1) is 29.3 Å². The maximum Gasteiger partial charge on any atom is 0.241 e. The molecular weight excluding hydrogens is 385 g/mol. The number of aromatic nitrogens is 4. The summed E-state index contributed by atoms with van der Waals surface area (Å²) in [6, 6.07) is 4.84.